The molecule has 0 amide bonds. The van der Waals surface area contributed by atoms with E-state index in [9.17, 15) is 10.1 Å². The van der Waals surface area contributed by atoms with Crippen LogP contribution < -0.4 is 5.73 Å². The van der Waals surface area contributed by atoms with E-state index in [0.29, 0.717) is 22.1 Å². The van der Waals surface area contributed by atoms with Crippen molar-refractivity contribution in [2.75, 3.05) is 12.4 Å². The van der Waals surface area contributed by atoms with E-state index < -0.39 is 11.9 Å². The largest absolute Gasteiger partial charge is 0.463 e. The van der Waals surface area contributed by atoms with Gasteiger partial charge < -0.3 is 15.2 Å². The SMILES string of the molecule is CCOC(=O)C1=C(CSc2ccccc2)OC(N)=C(C#N)C1c1ccc(Cl)cc1. The Kier molecular flexibility index (Phi) is 6.86. The monoisotopic (exact) mass is 426 g/mol. The van der Waals surface area contributed by atoms with Gasteiger partial charge in [-0.05, 0) is 36.8 Å². The molecule has 29 heavy (non-hydrogen) atoms. The predicted molar refractivity (Wildman–Crippen MR) is 113 cm³/mol. The molecule has 1 aliphatic rings. The first-order valence-corrected chi connectivity index (χ1v) is 10.3. The number of nitriles is 1. The number of carbonyl (C=O) groups excluding carboxylic acids is 1. The third-order valence-corrected chi connectivity index (χ3v) is 5.57. The van der Waals surface area contributed by atoms with Crippen LogP contribution in [-0.4, -0.2) is 18.3 Å². The zero-order valence-electron chi connectivity index (χ0n) is 15.7. The first kappa shape index (κ1) is 20.8. The molecule has 7 heteroatoms. The summed E-state index contributed by atoms with van der Waals surface area (Å²) in [5.74, 6) is -0.479. The van der Waals surface area contributed by atoms with Gasteiger partial charge in [0.15, 0.2) is 0 Å². The van der Waals surface area contributed by atoms with Crippen molar-refractivity contribution in [1.29, 1.82) is 5.26 Å². The van der Waals surface area contributed by atoms with Crippen molar-refractivity contribution in [3.05, 3.63) is 88.0 Å². The molecule has 2 aromatic carbocycles. The van der Waals surface area contributed by atoms with E-state index in [1.54, 1.807) is 31.2 Å². The molecule has 1 unspecified atom stereocenters. The first-order chi connectivity index (χ1) is 14.0. The molecule has 0 aliphatic carbocycles. The van der Waals surface area contributed by atoms with Crippen molar-refractivity contribution in [1.82, 2.24) is 0 Å². The Morgan fingerprint density at radius 3 is 2.55 bits per heavy atom. The minimum absolute atomic E-state index is 0.0100. The Morgan fingerprint density at radius 1 is 1.24 bits per heavy atom. The summed E-state index contributed by atoms with van der Waals surface area (Å²) in [7, 11) is 0. The molecular formula is C22H19ClN2O3S. The molecule has 0 saturated carbocycles. The standard InChI is InChI=1S/C22H19ClN2O3S/c1-2-27-22(26)20-18(13-29-16-6-4-3-5-7-16)28-21(25)17(12-24)19(20)14-8-10-15(23)11-9-14/h3-11,19H,2,13,25H2,1H3. The zero-order valence-corrected chi connectivity index (χ0v) is 17.3. The Morgan fingerprint density at radius 2 is 1.93 bits per heavy atom. The van der Waals surface area contributed by atoms with Gasteiger partial charge in [-0.3, -0.25) is 0 Å². The van der Waals surface area contributed by atoms with Gasteiger partial charge in [0.2, 0.25) is 5.88 Å². The Labute approximate surface area is 178 Å². The number of halogens is 1. The molecule has 0 fully saturated rings. The van der Waals surface area contributed by atoms with E-state index in [-0.39, 0.29) is 23.6 Å². The van der Waals surface area contributed by atoms with Crippen LogP contribution in [0, 0.1) is 11.3 Å². The second kappa shape index (κ2) is 9.55. The van der Waals surface area contributed by atoms with Crippen molar-refractivity contribution in [3.8, 4) is 6.07 Å². The summed E-state index contributed by atoms with van der Waals surface area (Å²) >= 11 is 7.51. The fraction of sp³-hybridized carbons (Fsp3) is 0.182. The Balaban J connectivity index is 2.07. The maximum absolute atomic E-state index is 12.9. The average Bonchev–Trinajstić information content (AvgIpc) is 2.73. The van der Waals surface area contributed by atoms with Crippen LogP contribution in [0.2, 0.25) is 5.02 Å². The van der Waals surface area contributed by atoms with Gasteiger partial charge in [-0.25, -0.2) is 4.79 Å². The smallest absolute Gasteiger partial charge is 0.338 e. The Bertz CT molecular complexity index is 995. The van der Waals surface area contributed by atoms with Gasteiger partial charge >= 0.3 is 5.97 Å². The molecule has 2 N–H and O–H groups in total. The number of thioether (sulfide) groups is 1. The van der Waals surface area contributed by atoms with Gasteiger partial charge in [0, 0.05) is 9.92 Å². The molecule has 0 bridgehead atoms. The molecule has 0 aromatic heterocycles. The second-order valence-electron chi connectivity index (χ2n) is 6.14. The van der Waals surface area contributed by atoms with Gasteiger partial charge in [-0.15, -0.1) is 11.8 Å². The Hall–Kier alpha value is -2.88. The predicted octanol–water partition coefficient (Wildman–Crippen LogP) is 4.76. The van der Waals surface area contributed by atoms with Gasteiger partial charge in [0.1, 0.15) is 17.4 Å². The van der Waals surface area contributed by atoms with Crippen molar-refractivity contribution < 1.29 is 14.3 Å². The number of rotatable bonds is 6. The molecule has 1 aliphatic heterocycles. The van der Waals surface area contributed by atoms with Crippen LogP contribution in [-0.2, 0) is 14.3 Å². The number of carbonyl (C=O) groups is 1. The number of ether oxygens (including phenoxy) is 2. The average molecular weight is 427 g/mol. The lowest BCUT2D eigenvalue weighted by atomic mass is 9.83. The minimum Gasteiger partial charge on any atom is -0.463 e. The molecular weight excluding hydrogens is 408 g/mol. The normalized spacial score (nSPS) is 16.2. The maximum atomic E-state index is 12.9. The molecule has 5 nitrogen and oxygen atoms in total. The summed E-state index contributed by atoms with van der Waals surface area (Å²) in [6.45, 7) is 1.93. The molecule has 0 saturated heterocycles. The molecule has 1 atom stereocenters. The fourth-order valence-corrected chi connectivity index (χ4v) is 4.00. The fourth-order valence-electron chi connectivity index (χ4n) is 3.01. The highest BCUT2D eigenvalue weighted by atomic mass is 35.5. The van der Waals surface area contributed by atoms with Crippen LogP contribution in [0.5, 0.6) is 0 Å². The lowest BCUT2D eigenvalue weighted by Crippen LogP contribution is -2.27. The van der Waals surface area contributed by atoms with Gasteiger partial charge in [0.25, 0.3) is 0 Å². The van der Waals surface area contributed by atoms with Crippen LogP contribution in [0.4, 0.5) is 0 Å². The summed E-state index contributed by atoms with van der Waals surface area (Å²) in [6, 6.07) is 18.8. The highest BCUT2D eigenvalue weighted by molar-refractivity contribution is 7.99. The summed E-state index contributed by atoms with van der Waals surface area (Å²) in [5.41, 5.74) is 7.22. The third-order valence-electron chi connectivity index (χ3n) is 4.31. The van der Waals surface area contributed by atoms with Crippen molar-refractivity contribution >= 4 is 29.3 Å². The van der Waals surface area contributed by atoms with E-state index in [0.717, 1.165) is 4.90 Å². The van der Waals surface area contributed by atoms with Gasteiger partial charge in [0.05, 0.1) is 23.9 Å². The number of benzene rings is 2. The van der Waals surface area contributed by atoms with Crippen LogP contribution in [0.3, 0.4) is 0 Å². The van der Waals surface area contributed by atoms with E-state index >= 15 is 0 Å². The van der Waals surface area contributed by atoms with Crippen LogP contribution >= 0.6 is 23.4 Å². The van der Waals surface area contributed by atoms with Crippen molar-refractivity contribution in [2.45, 2.75) is 17.7 Å². The highest BCUT2D eigenvalue weighted by Crippen LogP contribution is 2.41. The van der Waals surface area contributed by atoms with E-state index in [4.69, 9.17) is 26.8 Å². The number of nitrogens with zero attached hydrogens (tertiary/aromatic N) is 1. The summed E-state index contributed by atoms with van der Waals surface area (Å²) in [6.07, 6.45) is 0. The molecule has 0 spiro atoms. The van der Waals surface area contributed by atoms with Crippen LogP contribution in [0.1, 0.15) is 18.4 Å². The van der Waals surface area contributed by atoms with E-state index in [1.165, 1.54) is 11.8 Å². The third kappa shape index (κ3) is 4.76. The van der Waals surface area contributed by atoms with E-state index in [1.807, 2.05) is 30.3 Å². The number of hydrogen-bond acceptors (Lipinski definition) is 6. The van der Waals surface area contributed by atoms with E-state index in [2.05, 4.69) is 6.07 Å². The van der Waals surface area contributed by atoms with Crippen molar-refractivity contribution in [2.24, 2.45) is 5.73 Å². The molecule has 3 rings (SSSR count). The topological polar surface area (TPSA) is 85.3 Å². The lowest BCUT2D eigenvalue weighted by Gasteiger charge is -2.28. The number of hydrogen-bond donors (Lipinski definition) is 1. The van der Waals surface area contributed by atoms with Gasteiger partial charge in [-0.2, -0.15) is 5.26 Å². The minimum atomic E-state index is -0.684. The molecule has 0 radical (unpaired) electrons. The highest BCUT2D eigenvalue weighted by Gasteiger charge is 2.37. The summed E-state index contributed by atoms with van der Waals surface area (Å²) in [4.78, 5) is 13.9. The number of nitrogens with two attached hydrogens (primary N) is 1. The summed E-state index contributed by atoms with van der Waals surface area (Å²) in [5, 5.41) is 10.3. The number of allylic oxidation sites excluding steroid dienone is 1. The second-order valence-corrected chi connectivity index (χ2v) is 7.62. The summed E-state index contributed by atoms with van der Waals surface area (Å²) < 4.78 is 11.0. The molecule has 2 aromatic rings. The molecule has 148 valence electrons. The molecule has 1 heterocycles. The first-order valence-electron chi connectivity index (χ1n) is 8.96. The van der Waals surface area contributed by atoms with Crippen LogP contribution in [0.25, 0.3) is 0 Å². The zero-order chi connectivity index (χ0) is 20.8. The van der Waals surface area contributed by atoms with Crippen LogP contribution in [0.15, 0.2) is 82.3 Å². The quantitative estimate of drug-likeness (QED) is 0.529. The lowest BCUT2D eigenvalue weighted by molar-refractivity contribution is -0.139. The maximum Gasteiger partial charge on any atom is 0.338 e. The van der Waals surface area contributed by atoms with Crippen molar-refractivity contribution in [3.63, 3.8) is 0 Å². The number of esters is 1. The van der Waals surface area contributed by atoms with Gasteiger partial charge in [-0.1, -0.05) is 41.9 Å².